The van der Waals surface area contributed by atoms with E-state index < -0.39 is 12.1 Å². The number of nitrogens with one attached hydrogen (secondary N) is 1. The Morgan fingerprint density at radius 2 is 2.04 bits per heavy atom. The predicted molar refractivity (Wildman–Crippen MR) is 105 cm³/mol. The molecule has 0 aromatic heterocycles. The van der Waals surface area contributed by atoms with Crippen LogP contribution in [0.25, 0.3) is 0 Å². The molecular formula is C20H28ClNO4. The Morgan fingerprint density at radius 3 is 2.65 bits per heavy atom. The molecule has 6 heteroatoms. The van der Waals surface area contributed by atoms with Crippen molar-refractivity contribution in [1.29, 1.82) is 0 Å². The van der Waals surface area contributed by atoms with Crippen LogP contribution >= 0.6 is 11.6 Å². The van der Waals surface area contributed by atoms with Crippen molar-refractivity contribution in [2.24, 2.45) is 0 Å². The van der Waals surface area contributed by atoms with Crippen molar-refractivity contribution in [3.63, 3.8) is 0 Å². The lowest BCUT2D eigenvalue weighted by molar-refractivity contribution is -0.155. The first-order chi connectivity index (χ1) is 12.4. The van der Waals surface area contributed by atoms with E-state index in [1.807, 2.05) is 26.0 Å². The molecule has 0 saturated heterocycles. The lowest BCUT2D eigenvalue weighted by atomic mass is 10.0. The Morgan fingerprint density at radius 1 is 1.31 bits per heavy atom. The number of carbonyl (C=O) groups excluding carboxylic acids is 2. The number of hydrogen-bond acceptors (Lipinski definition) is 4. The van der Waals surface area contributed by atoms with Gasteiger partial charge in [-0.1, -0.05) is 37.6 Å². The number of carbonyl (C=O) groups is 2. The van der Waals surface area contributed by atoms with Crippen LogP contribution in [0.15, 0.2) is 24.8 Å². The Labute approximate surface area is 160 Å². The van der Waals surface area contributed by atoms with Crippen molar-refractivity contribution in [2.45, 2.75) is 52.6 Å². The molecule has 1 atom stereocenters. The molecule has 0 saturated carbocycles. The summed E-state index contributed by atoms with van der Waals surface area (Å²) in [6, 6.07) is 3.80. The van der Waals surface area contributed by atoms with Crippen molar-refractivity contribution in [1.82, 2.24) is 0 Å². The number of amides is 1. The first-order valence-corrected chi connectivity index (χ1v) is 9.31. The largest absolute Gasteiger partial charge is 0.464 e. The molecule has 1 N–H and O–H groups in total. The van der Waals surface area contributed by atoms with Gasteiger partial charge in [0.2, 0.25) is 5.91 Å². The van der Waals surface area contributed by atoms with Gasteiger partial charge >= 0.3 is 5.97 Å². The Bertz CT molecular complexity index is 630. The number of anilines is 1. The Kier molecular flexibility index (Phi) is 9.99. The third kappa shape index (κ3) is 6.81. The maximum absolute atomic E-state index is 12.2. The molecule has 1 amide bonds. The van der Waals surface area contributed by atoms with Crippen LogP contribution in [0.3, 0.4) is 0 Å². The molecular weight excluding hydrogens is 354 g/mol. The van der Waals surface area contributed by atoms with Gasteiger partial charge in [-0.3, -0.25) is 4.79 Å². The van der Waals surface area contributed by atoms with E-state index in [1.165, 1.54) is 0 Å². The SMILES string of the molecule is C=CCOC(C)C(=O)OCCCC(=O)Nc1c(CC)ccc(Cl)c1CC. The minimum Gasteiger partial charge on any atom is -0.464 e. The zero-order chi connectivity index (χ0) is 19.5. The van der Waals surface area contributed by atoms with Gasteiger partial charge < -0.3 is 14.8 Å². The molecule has 5 nitrogen and oxygen atoms in total. The van der Waals surface area contributed by atoms with Gasteiger partial charge in [-0.15, -0.1) is 6.58 Å². The van der Waals surface area contributed by atoms with Gasteiger partial charge in [0.1, 0.15) is 0 Å². The van der Waals surface area contributed by atoms with Crippen LogP contribution in [0.1, 0.15) is 44.7 Å². The van der Waals surface area contributed by atoms with Crippen LogP contribution in [0.5, 0.6) is 0 Å². The van der Waals surface area contributed by atoms with E-state index in [0.717, 1.165) is 29.7 Å². The summed E-state index contributed by atoms with van der Waals surface area (Å²) >= 11 is 6.24. The standard InChI is InChI=1S/C20H28ClNO4/c1-5-12-25-14(4)20(24)26-13-8-9-18(23)22-19-15(6-2)10-11-17(21)16(19)7-3/h5,10-11,14H,1,6-9,12-13H2,2-4H3,(H,22,23). The highest BCUT2D eigenvalue weighted by atomic mass is 35.5. The lowest BCUT2D eigenvalue weighted by Gasteiger charge is -2.16. The van der Waals surface area contributed by atoms with Crippen LogP contribution in [-0.4, -0.2) is 31.2 Å². The second kappa shape index (κ2) is 11.7. The molecule has 1 unspecified atom stereocenters. The number of aryl methyl sites for hydroxylation is 1. The summed E-state index contributed by atoms with van der Waals surface area (Å²) in [4.78, 5) is 23.9. The molecule has 26 heavy (non-hydrogen) atoms. The van der Waals surface area contributed by atoms with Crippen molar-refractivity contribution < 1.29 is 19.1 Å². The fourth-order valence-corrected chi connectivity index (χ4v) is 2.76. The summed E-state index contributed by atoms with van der Waals surface area (Å²) < 4.78 is 10.3. The van der Waals surface area contributed by atoms with Crippen molar-refractivity contribution in [2.75, 3.05) is 18.5 Å². The maximum atomic E-state index is 12.2. The first-order valence-electron chi connectivity index (χ1n) is 8.93. The zero-order valence-electron chi connectivity index (χ0n) is 15.8. The van der Waals surface area contributed by atoms with Crippen LogP contribution in [0.2, 0.25) is 5.02 Å². The summed E-state index contributed by atoms with van der Waals surface area (Å²) in [5.74, 6) is -0.563. The van der Waals surface area contributed by atoms with Gasteiger partial charge in [-0.25, -0.2) is 4.79 Å². The van der Waals surface area contributed by atoms with E-state index in [0.29, 0.717) is 11.4 Å². The van der Waals surface area contributed by atoms with Crippen molar-refractivity contribution in [3.05, 3.63) is 40.9 Å². The van der Waals surface area contributed by atoms with Crippen LogP contribution in [0, 0.1) is 0 Å². The lowest BCUT2D eigenvalue weighted by Crippen LogP contribution is -2.24. The molecule has 0 radical (unpaired) electrons. The highest BCUT2D eigenvalue weighted by molar-refractivity contribution is 6.32. The number of hydrogen-bond donors (Lipinski definition) is 1. The minimum atomic E-state index is -0.646. The summed E-state index contributed by atoms with van der Waals surface area (Å²) in [5.41, 5.74) is 2.80. The molecule has 0 spiro atoms. The van der Waals surface area contributed by atoms with Gasteiger partial charge in [0.25, 0.3) is 0 Å². The number of halogens is 1. The molecule has 1 rings (SSSR count). The number of rotatable bonds is 11. The third-order valence-electron chi connectivity index (χ3n) is 3.93. The van der Waals surface area contributed by atoms with Crippen LogP contribution < -0.4 is 5.32 Å². The Hall–Kier alpha value is -1.85. The molecule has 0 bridgehead atoms. The molecule has 1 aromatic rings. The van der Waals surface area contributed by atoms with Crippen LogP contribution in [0.4, 0.5) is 5.69 Å². The molecule has 0 fully saturated rings. The maximum Gasteiger partial charge on any atom is 0.334 e. The van der Waals surface area contributed by atoms with E-state index >= 15 is 0 Å². The van der Waals surface area contributed by atoms with E-state index in [2.05, 4.69) is 11.9 Å². The second-order valence-electron chi connectivity index (χ2n) is 5.85. The third-order valence-corrected chi connectivity index (χ3v) is 4.28. The highest BCUT2D eigenvalue weighted by Gasteiger charge is 2.15. The van der Waals surface area contributed by atoms with E-state index in [1.54, 1.807) is 13.0 Å². The molecule has 0 aliphatic carbocycles. The predicted octanol–water partition coefficient (Wildman–Crippen LogP) is 4.32. The van der Waals surface area contributed by atoms with Crippen LogP contribution in [-0.2, 0) is 31.9 Å². The monoisotopic (exact) mass is 381 g/mol. The van der Waals surface area contributed by atoms with Crippen molar-refractivity contribution in [3.8, 4) is 0 Å². The molecule has 144 valence electrons. The fourth-order valence-electron chi connectivity index (χ4n) is 2.47. The van der Waals surface area contributed by atoms with Gasteiger partial charge in [-0.05, 0) is 43.4 Å². The highest BCUT2D eigenvalue weighted by Crippen LogP contribution is 2.29. The smallest absolute Gasteiger partial charge is 0.334 e. The average molecular weight is 382 g/mol. The normalized spacial score (nSPS) is 11.7. The quantitative estimate of drug-likeness (QED) is 0.352. The number of esters is 1. The molecule has 0 aliphatic heterocycles. The molecule has 0 heterocycles. The minimum absolute atomic E-state index is 0.122. The average Bonchev–Trinajstić information content (AvgIpc) is 2.63. The van der Waals surface area contributed by atoms with E-state index in [4.69, 9.17) is 21.1 Å². The number of benzene rings is 1. The number of ether oxygens (including phenoxy) is 2. The fraction of sp³-hybridized carbons (Fsp3) is 0.500. The van der Waals surface area contributed by atoms with E-state index in [9.17, 15) is 9.59 Å². The van der Waals surface area contributed by atoms with Gasteiger partial charge in [0, 0.05) is 17.1 Å². The topological polar surface area (TPSA) is 64.6 Å². The molecule has 0 aliphatic rings. The van der Waals surface area contributed by atoms with E-state index in [-0.39, 0.29) is 25.5 Å². The first kappa shape index (κ1) is 22.2. The summed E-state index contributed by atoms with van der Waals surface area (Å²) in [6.07, 6.45) is 3.16. The summed E-state index contributed by atoms with van der Waals surface area (Å²) in [6.45, 7) is 9.64. The second-order valence-corrected chi connectivity index (χ2v) is 6.26. The van der Waals surface area contributed by atoms with Gasteiger partial charge in [0.15, 0.2) is 6.10 Å². The van der Waals surface area contributed by atoms with Crippen molar-refractivity contribution >= 4 is 29.2 Å². The van der Waals surface area contributed by atoms with Gasteiger partial charge in [0.05, 0.1) is 13.2 Å². The van der Waals surface area contributed by atoms with Gasteiger partial charge in [-0.2, -0.15) is 0 Å². The zero-order valence-corrected chi connectivity index (χ0v) is 16.5. The molecule has 1 aromatic carbocycles. The summed E-state index contributed by atoms with van der Waals surface area (Å²) in [7, 11) is 0. The summed E-state index contributed by atoms with van der Waals surface area (Å²) in [5, 5.41) is 3.62. The Balaban J connectivity index is 2.50.